The number of hydrogen-bond donors (Lipinski definition) is 1. The standard InChI is InChI=1S/C23H24N2O6S/c1-14-11-20-17(12-26)9-10-19(22(20)30-14)18-7-5-6-8-21(18)32(27,28)25(13-29-4)23-15(2)16(3)31-24-23/h5-11,26H,12-13H2,1-4H3. The molecule has 4 aromatic rings. The average Bonchev–Trinajstić information content (AvgIpc) is 3.33. The summed E-state index contributed by atoms with van der Waals surface area (Å²) in [6.45, 7) is 4.89. The lowest BCUT2D eigenvalue weighted by Crippen LogP contribution is -2.34. The van der Waals surface area contributed by atoms with E-state index in [-0.39, 0.29) is 24.1 Å². The van der Waals surface area contributed by atoms with Crippen LogP contribution in [-0.4, -0.2) is 32.5 Å². The molecule has 2 aromatic heterocycles. The number of aliphatic hydroxyl groups excluding tert-OH is 1. The average molecular weight is 457 g/mol. The van der Waals surface area contributed by atoms with Gasteiger partial charge in [0.15, 0.2) is 5.82 Å². The van der Waals surface area contributed by atoms with Gasteiger partial charge in [-0.15, -0.1) is 0 Å². The Kier molecular flexibility index (Phi) is 5.81. The van der Waals surface area contributed by atoms with Crippen LogP contribution in [0.1, 0.15) is 22.6 Å². The highest BCUT2D eigenvalue weighted by Crippen LogP contribution is 2.38. The maximum absolute atomic E-state index is 13.8. The van der Waals surface area contributed by atoms with Crippen molar-refractivity contribution in [1.29, 1.82) is 0 Å². The van der Waals surface area contributed by atoms with E-state index in [0.717, 1.165) is 9.69 Å². The van der Waals surface area contributed by atoms with Gasteiger partial charge in [0.25, 0.3) is 10.0 Å². The summed E-state index contributed by atoms with van der Waals surface area (Å²) in [4.78, 5) is 0.0733. The Balaban J connectivity index is 1.94. The fourth-order valence-electron chi connectivity index (χ4n) is 3.69. The van der Waals surface area contributed by atoms with Gasteiger partial charge >= 0.3 is 0 Å². The predicted octanol–water partition coefficient (Wildman–Crippen LogP) is 4.30. The van der Waals surface area contributed by atoms with E-state index in [0.29, 0.717) is 39.4 Å². The number of anilines is 1. The summed E-state index contributed by atoms with van der Waals surface area (Å²) in [7, 11) is -2.67. The van der Waals surface area contributed by atoms with Crippen molar-refractivity contribution in [2.75, 3.05) is 18.1 Å². The number of aryl methyl sites for hydroxylation is 2. The van der Waals surface area contributed by atoms with Crippen molar-refractivity contribution in [2.45, 2.75) is 32.3 Å². The molecule has 0 atom stereocenters. The van der Waals surface area contributed by atoms with Crippen LogP contribution >= 0.6 is 0 Å². The molecule has 2 aromatic carbocycles. The summed E-state index contributed by atoms with van der Waals surface area (Å²) in [5.74, 6) is 1.36. The van der Waals surface area contributed by atoms with Crippen LogP contribution in [0.2, 0.25) is 0 Å². The second kappa shape index (κ2) is 8.42. The zero-order chi connectivity index (χ0) is 23.0. The molecule has 168 valence electrons. The molecule has 4 rings (SSSR count). The predicted molar refractivity (Wildman–Crippen MR) is 120 cm³/mol. The third kappa shape index (κ3) is 3.58. The number of aromatic nitrogens is 1. The second-order valence-electron chi connectivity index (χ2n) is 7.49. The summed E-state index contributed by atoms with van der Waals surface area (Å²) in [6.07, 6.45) is 0. The van der Waals surface area contributed by atoms with Crippen molar-refractivity contribution < 1.29 is 27.2 Å². The molecular weight excluding hydrogens is 432 g/mol. The molecule has 0 bridgehead atoms. The summed E-state index contributed by atoms with van der Waals surface area (Å²) in [6, 6.07) is 12.1. The third-order valence-electron chi connectivity index (χ3n) is 5.43. The van der Waals surface area contributed by atoms with Crippen molar-refractivity contribution in [2.24, 2.45) is 0 Å². The summed E-state index contributed by atoms with van der Waals surface area (Å²) in [5.41, 5.74) is 2.91. The highest BCUT2D eigenvalue weighted by Gasteiger charge is 2.32. The number of hydrogen-bond acceptors (Lipinski definition) is 7. The van der Waals surface area contributed by atoms with Gasteiger partial charge in [-0.3, -0.25) is 0 Å². The lowest BCUT2D eigenvalue weighted by molar-refractivity contribution is 0.208. The fourth-order valence-corrected chi connectivity index (χ4v) is 5.27. The molecule has 9 heteroatoms. The number of aliphatic hydroxyl groups is 1. The zero-order valence-corrected chi connectivity index (χ0v) is 19.1. The number of fused-ring (bicyclic) bond motifs is 1. The minimum atomic E-state index is -4.09. The van der Waals surface area contributed by atoms with Gasteiger partial charge in [0, 0.05) is 29.2 Å². The molecule has 32 heavy (non-hydrogen) atoms. The maximum atomic E-state index is 13.8. The normalized spacial score (nSPS) is 11.9. The smallest absolute Gasteiger partial charge is 0.268 e. The van der Waals surface area contributed by atoms with Crippen molar-refractivity contribution in [1.82, 2.24) is 5.16 Å². The molecule has 0 fully saturated rings. The number of benzene rings is 2. The van der Waals surface area contributed by atoms with Crippen LogP contribution in [0, 0.1) is 20.8 Å². The maximum Gasteiger partial charge on any atom is 0.268 e. The van der Waals surface area contributed by atoms with Crippen molar-refractivity contribution in [3.63, 3.8) is 0 Å². The molecule has 0 unspecified atom stereocenters. The highest BCUT2D eigenvalue weighted by atomic mass is 32.2. The lowest BCUT2D eigenvalue weighted by atomic mass is 10.0. The van der Waals surface area contributed by atoms with E-state index >= 15 is 0 Å². The zero-order valence-electron chi connectivity index (χ0n) is 18.2. The molecule has 1 N–H and O–H groups in total. The first-order chi connectivity index (χ1) is 15.3. The first-order valence-electron chi connectivity index (χ1n) is 9.96. The summed E-state index contributed by atoms with van der Waals surface area (Å²) >= 11 is 0. The van der Waals surface area contributed by atoms with Gasteiger partial charge in [-0.2, -0.15) is 0 Å². The van der Waals surface area contributed by atoms with Crippen molar-refractivity contribution >= 4 is 26.8 Å². The van der Waals surface area contributed by atoms with Crippen LogP contribution in [0.4, 0.5) is 5.82 Å². The van der Waals surface area contributed by atoms with Crippen LogP contribution in [0.15, 0.2) is 56.3 Å². The Labute approximate surface area is 186 Å². The van der Waals surface area contributed by atoms with Gasteiger partial charge in [0.05, 0.1) is 11.5 Å². The molecule has 0 aliphatic carbocycles. The minimum Gasteiger partial charge on any atom is -0.461 e. The van der Waals surface area contributed by atoms with Crippen molar-refractivity contribution in [3.05, 3.63) is 65.1 Å². The summed E-state index contributed by atoms with van der Waals surface area (Å²) < 4.78 is 45.1. The summed E-state index contributed by atoms with van der Waals surface area (Å²) in [5, 5.41) is 14.4. The molecule has 0 saturated heterocycles. The molecule has 0 aliphatic heterocycles. The van der Waals surface area contributed by atoms with Crippen molar-refractivity contribution in [3.8, 4) is 11.1 Å². The molecule has 0 saturated carbocycles. The number of ether oxygens (including phenoxy) is 1. The van der Waals surface area contributed by atoms with Crippen LogP contribution < -0.4 is 4.31 Å². The monoisotopic (exact) mass is 456 g/mol. The molecule has 0 spiro atoms. The topological polar surface area (TPSA) is 106 Å². The quantitative estimate of drug-likeness (QED) is 0.413. The molecule has 0 aliphatic rings. The minimum absolute atomic E-state index is 0.0733. The second-order valence-corrected chi connectivity index (χ2v) is 9.32. The van der Waals surface area contributed by atoms with Gasteiger partial charge < -0.3 is 18.8 Å². The first-order valence-corrected chi connectivity index (χ1v) is 11.4. The fraction of sp³-hybridized carbons (Fsp3) is 0.261. The number of sulfonamides is 1. The van der Waals surface area contributed by atoms with E-state index in [9.17, 15) is 13.5 Å². The Morgan fingerprint density at radius 3 is 2.50 bits per heavy atom. The van der Waals surface area contributed by atoms with E-state index in [1.807, 2.05) is 13.0 Å². The number of furan rings is 1. The lowest BCUT2D eigenvalue weighted by Gasteiger charge is -2.23. The van der Waals surface area contributed by atoms with Crippen LogP contribution in [-0.2, 0) is 21.4 Å². The van der Waals surface area contributed by atoms with E-state index in [1.165, 1.54) is 13.2 Å². The Hall–Kier alpha value is -3.14. The molecule has 2 heterocycles. The molecular formula is C23H24N2O6S. The van der Waals surface area contributed by atoms with Crippen LogP contribution in [0.3, 0.4) is 0 Å². The SMILES string of the molecule is COCN(c1noc(C)c1C)S(=O)(=O)c1ccccc1-c1ccc(CO)c2cc(C)oc12. The van der Waals surface area contributed by atoms with E-state index in [1.54, 1.807) is 44.2 Å². The third-order valence-corrected chi connectivity index (χ3v) is 7.20. The molecule has 0 radical (unpaired) electrons. The van der Waals surface area contributed by atoms with Gasteiger partial charge in [-0.1, -0.05) is 35.5 Å². The van der Waals surface area contributed by atoms with Gasteiger partial charge in [0.1, 0.15) is 23.8 Å². The Morgan fingerprint density at radius 1 is 1.09 bits per heavy atom. The Bertz CT molecular complexity index is 1390. The van der Waals surface area contributed by atoms with Crippen LogP contribution in [0.5, 0.6) is 0 Å². The highest BCUT2D eigenvalue weighted by molar-refractivity contribution is 7.93. The number of rotatable bonds is 7. The largest absolute Gasteiger partial charge is 0.461 e. The van der Waals surface area contributed by atoms with Gasteiger partial charge in [-0.25, -0.2) is 12.7 Å². The van der Waals surface area contributed by atoms with Gasteiger partial charge in [-0.05, 0) is 38.5 Å². The number of methoxy groups -OCH3 is 1. The number of nitrogens with zero attached hydrogens (tertiary/aromatic N) is 2. The molecule has 8 nitrogen and oxygen atoms in total. The first kappa shape index (κ1) is 22.1. The van der Waals surface area contributed by atoms with E-state index in [2.05, 4.69) is 5.16 Å². The van der Waals surface area contributed by atoms with E-state index in [4.69, 9.17) is 13.7 Å². The van der Waals surface area contributed by atoms with E-state index < -0.39 is 10.0 Å². The van der Waals surface area contributed by atoms with Gasteiger partial charge in [0.2, 0.25) is 0 Å². The molecule has 0 amide bonds. The Morgan fingerprint density at radius 2 is 1.84 bits per heavy atom. The van der Waals surface area contributed by atoms with Crippen LogP contribution in [0.25, 0.3) is 22.1 Å².